The van der Waals surface area contributed by atoms with Crippen molar-refractivity contribution in [3.05, 3.63) is 0 Å². The quantitative estimate of drug-likeness (QED) is 0.578. The highest BCUT2D eigenvalue weighted by atomic mass is 16.1. The van der Waals surface area contributed by atoms with Gasteiger partial charge in [0, 0.05) is 18.5 Å². The summed E-state index contributed by atoms with van der Waals surface area (Å²) >= 11 is 0. The highest BCUT2D eigenvalue weighted by Crippen LogP contribution is 2.05. The van der Waals surface area contributed by atoms with E-state index >= 15 is 0 Å². The second-order valence-electron chi connectivity index (χ2n) is 4.98. The zero-order valence-corrected chi connectivity index (χ0v) is 12.0. The molecule has 0 saturated heterocycles. The molecule has 2 N–H and O–H groups in total. The van der Waals surface area contributed by atoms with E-state index in [0.717, 1.165) is 13.0 Å². The molecule has 0 aromatic heterocycles. The lowest BCUT2D eigenvalue weighted by Crippen LogP contribution is -2.37. The van der Waals surface area contributed by atoms with Crippen molar-refractivity contribution < 1.29 is 4.79 Å². The molecular formula is C14H30N2O. The van der Waals surface area contributed by atoms with Gasteiger partial charge in [0.1, 0.15) is 0 Å². The summed E-state index contributed by atoms with van der Waals surface area (Å²) in [6.07, 6.45) is 6.75. The van der Waals surface area contributed by atoms with E-state index in [2.05, 4.69) is 38.3 Å². The number of nitrogens with one attached hydrogen (secondary N) is 2. The van der Waals surface area contributed by atoms with Gasteiger partial charge in [-0.25, -0.2) is 0 Å². The maximum atomic E-state index is 11.7. The Morgan fingerprint density at radius 2 is 1.76 bits per heavy atom. The molecule has 0 bridgehead atoms. The summed E-state index contributed by atoms with van der Waals surface area (Å²) in [7, 11) is 0. The molecule has 2 unspecified atom stereocenters. The van der Waals surface area contributed by atoms with E-state index in [1.165, 1.54) is 25.7 Å². The van der Waals surface area contributed by atoms with Crippen LogP contribution in [-0.2, 0) is 4.79 Å². The lowest BCUT2D eigenvalue weighted by atomic mass is 10.1. The second-order valence-corrected chi connectivity index (χ2v) is 4.98. The standard InChI is InChI=1S/C14H30N2O/c1-5-7-8-9-10-12(3)16-14(17)11-13(4)15-6-2/h12-13,15H,5-11H2,1-4H3,(H,16,17). The SMILES string of the molecule is CCCCCCC(C)NC(=O)CC(C)NCC. The first-order valence-electron chi connectivity index (χ1n) is 7.12. The summed E-state index contributed by atoms with van der Waals surface area (Å²) in [6.45, 7) is 9.34. The van der Waals surface area contributed by atoms with Crippen LogP contribution in [0.2, 0.25) is 0 Å². The Morgan fingerprint density at radius 1 is 1.06 bits per heavy atom. The molecule has 0 heterocycles. The number of rotatable bonds is 10. The number of hydrogen-bond acceptors (Lipinski definition) is 2. The summed E-state index contributed by atoms with van der Waals surface area (Å²) in [5, 5.41) is 6.32. The van der Waals surface area contributed by atoms with E-state index in [1.807, 2.05) is 0 Å². The molecule has 0 rings (SSSR count). The van der Waals surface area contributed by atoms with Crippen molar-refractivity contribution in [3.8, 4) is 0 Å². The third-order valence-corrected chi connectivity index (χ3v) is 2.94. The Kier molecular flexibility index (Phi) is 10.2. The average Bonchev–Trinajstić information content (AvgIpc) is 2.24. The minimum absolute atomic E-state index is 0.168. The molecule has 3 heteroatoms. The number of amides is 1. The maximum absolute atomic E-state index is 11.7. The minimum atomic E-state index is 0.168. The molecular weight excluding hydrogens is 212 g/mol. The summed E-state index contributed by atoms with van der Waals surface area (Å²) in [5.74, 6) is 0.168. The molecule has 0 radical (unpaired) electrons. The predicted octanol–water partition coefficient (Wildman–Crippen LogP) is 2.85. The second kappa shape index (κ2) is 10.6. The van der Waals surface area contributed by atoms with Crippen molar-refractivity contribution in [2.75, 3.05) is 6.54 Å². The van der Waals surface area contributed by atoms with Crippen LogP contribution in [-0.4, -0.2) is 24.5 Å². The van der Waals surface area contributed by atoms with E-state index in [1.54, 1.807) is 0 Å². The molecule has 0 fully saturated rings. The molecule has 0 aromatic rings. The van der Waals surface area contributed by atoms with Crippen molar-refractivity contribution in [1.82, 2.24) is 10.6 Å². The molecule has 17 heavy (non-hydrogen) atoms. The normalized spacial score (nSPS) is 14.4. The Labute approximate surface area is 107 Å². The van der Waals surface area contributed by atoms with Crippen LogP contribution in [0.15, 0.2) is 0 Å². The van der Waals surface area contributed by atoms with E-state index < -0.39 is 0 Å². The maximum Gasteiger partial charge on any atom is 0.221 e. The van der Waals surface area contributed by atoms with Crippen molar-refractivity contribution in [2.24, 2.45) is 0 Å². The van der Waals surface area contributed by atoms with E-state index in [4.69, 9.17) is 0 Å². The van der Waals surface area contributed by atoms with Gasteiger partial charge in [-0.3, -0.25) is 4.79 Å². The van der Waals surface area contributed by atoms with Crippen LogP contribution < -0.4 is 10.6 Å². The van der Waals surface area contributed by atoms with E-state index in [0.29, 0.717) is 12.5 Å². The van der Waals surface area contributed by atoms with Crippen LogP contribution in [0.3, 0.4) is 0 Å². The molecule has 0 aliphatic heterocycles. The summed E-state index contributed by atoms with van der Waals surface area (Å²) < 4.78 is 0. The van der Waals surface area contributed by atoms with Gasteiger partial charge in [-0.2, -0.15) is 0 Å². The Morgan fingerprint density at radius 3 is 2.35 bits per heavy atom. The van der Waals surface area contributed by atoms with Crippen molar-refractivity contribution in [2.45, 2.75) is 78.3 Å². The first kappa shape index (κ1) is 16.4. The zero-order chi connectivity index (χ0) is 13.1. The number of carbonyl (C=O) groups is 1. The third kappa shape index (κ3) is 10.3. The average molecular weight is 242 g/mol. The topological polar surface area (TPSA) is 41.1 Å². The van der Waals surface area contributed by atoms with Gasteiger partial charge in [-0.05, 0) is 26.8 Å². The van der Waals surface area contributed by atoms with Crippen LogP contribution in [0.1, 0.15) is 66.2 Å². The molecule has 0 spiro atoms. The molecule has 0 saturated carbocycles. The van der Waals surface area contributed by atoms with Crippen molar-refractivity contribution in [3.63, 3.8) is 0 Å². The predicted molar refractivity (Wildman–Crippen MR) is 74.1 cm³/mol. The monoisotopic (exact) mass is 242 g/mol. The Bertz CT molecular complexity index is 195. The molecule has 0 aliphatic carbocycles. The van der Waals surface area contributed by atoms with Crippen LogP contribution in [0.25, 0.3) is 0 Å². The lowest BCUT2D eigenvalue weighted by molar-refractivity contribution is -0.122. The Hall–Kier alpha value is -0.570. The lowest BCUT2D eigenvalue weighted by Gasteiger charge is -2.16. The van der Waals surface area contributed by atoms with Gasteiger partial charge in [0.2, 0.25) is 5.91 Å². The first-order valence-corrected chi connectivity index (χ1v) is 7.12. The van der Waals surface area contributed by atoms with Gasteiger partial charge in [0.05, 0.1) is 0 Å². The fraction of sp³-hybridized carbons (Fsp3) is 0.929. The smallest absolute Gasteiger partial charge is 0.221 e. The van der Waals surface area contributed by atoms with E-state index in [9.17, 15) is 4.79 Å². The highest BCUT2D eigenvalue weighted by molar-refractivity contribution is 5.76. The zero-order valence-electron chi connectivity index (χ0n) is 12.0. The number of carbonyl (C=O) groups excluding carboxylic acids is 1. The van der Waals surface area contributed by atoms with Crippen LogP contribution in [0.4, 0.5) is 0 Å². The number of unbranched alkanes of at least 4 members (excludes halogenated alkanes) is 3. The summed E-state index contributed by atoms with van der Waals surface area (Å²) in [5.41, 5.74) is 0. The van der Waals surface area contributed by atoms with Gasteiger partial charge in [-0.1, -0.05) is 39.5 Å². The summed E-state index contributed by atoms with van der Waals surface area (Å²) in [6, 6.07) is 0.584. The van der Waals surface area contributed by atoms with Gasteiger partial charge < -0.3 is 10.6 Å². The van der Waals surface area contributed by atoms with Gasteiger partial charge in [-0.15, -0.1) is 0 Å². The molecule has 1 amide bonds. The van der Waals surface area contributed by atoms with Crippen LogP contribution >= 0.6 is 0 Å². The fourth-order valence-corrected chi connectivity index (χ4v) is 1.98. The van der Waals surface area contributed by atoms with Crippen LogP contribution in [0.5, 0.6) is 0 Å². The third-order valence-electron chi connectivity index (χ3n) is 2.94. The van der Waals surface area contributed by atoms with Crippen molar-refractivity contribution in [1.29, 1.82) is 0 Å². The van der Waals surface area contributed by atoms with Gasteiger partial charge in [0.25, 0.3) is 0 Å². The number of hydrogen-bond donors (Lipinski definition) is 2. The Balaban J connectivity index is 3.58. The van der Waals surface area contributed by atoms with E-state index in [-0.39, 0.29) is 11.9 Å². The van der Waals surface area contributed by atoms with Crippen molar-refractivity contribution >= 4 is 5.91 Å². The molecule has 102 valence electrons. The van der Waals surface area contributed by atoms with Gasteiger partial charge >= 0.3 is 0 Å². The molecule has 0 aromatic carbocycles. The van der Waals surface area contributed by atoms with Gasteiger partial charge in [0.15, 0.2) is 0 Å². The first-order chi connectivity index (χ1) is 8.10. The summed E-state index contributed by atoms with van der Waals surface area (Å²) in [4.78, 5) is 11.7. The fourth-order valence-electron chi connectivity index (χ4n) is 1.98. The molecule has 0 aliphatic rings. The molecule has 2 atom stereocenters. The highest BCUT2D eigenvalue weighted by Gasteiger charge is 2.10. The van der Waals surface area contributed by atoms with Crippen LogP contribution in [0, 0.1) is 0 Å². The molecule has 3 nitrogen and oxygen atoms in total. The largest absolute Gasteiger partial charge is 0.354 e. The minimum Gasteiger partial charge on any atom is -0.354 e.